The van der Waals surface area contributed by atoms with Crippen molar-refractivity contribution in [2.75, 3.05) is 11.9 Å². The average molecular weight is 324 g/mol. The molecule has 3 rings (SSSR count). The van der Waals surface area contributed by atoms with E-state index in [1.165, 1.54) is 0 Å². The van der Waals surface area contributed by atoms with E-state index in [0.717, 1.165) is 22.5 Å². The zero-order chi connectivity index (χ0) is 16.9. The van der Waals surface area contributed by atoms with Crippen LogP contribution in [0.2, 0.25) is 0 Å². The minimum Gasteiger partial charge on any atom is -0.338 e. The number of rotatable bonds is 4. The van der Waals surface area contributed by atoms with Gasteiger partial charge in [-0.3, -0.25) is 9.78 Å². The molecular weight excluding hydrogens is 304 g/mol. The molecule has 6 nitrogen and oxygen atoms in total. The third kappa shape index (κ3) is 3.71. The van der Waals surface area contributed by atoms with E-state index in [9.17, 15) is 9.59 Å². The van der Waals surface area contributed by atoms with Crippen LogP contribution in [0.3, 0.4) is 0 Å². The number of amides is 3. The van der Waals surface area contributed by atoms with E-state index in [1.807, 2.05) is 43.3 Å². The molecule has 1 atom stereocenters. The first-order chi connectivity index (χ1) is 11.6. The van der Waals surface area contributed by atoms with Crippen molar-refractivity contribution >= 4 is 17.6 Å². The minimum atomic E-state index is -0.261. The molecule has 0 spiro atoms. The molecule has 6 heteroatoms. The molecule has 3 N–H and O–H groups in total. The van der Waals surface area contributed by atoms with E-state index in [0.29, 0.717) is 19.5 Å². The summed E-state index contributed by atoms with van der Waals surface area (Å²) in [5.41, 5.74) is 3.76. The molecule has 3 amide bonds. The van der Waals surface area contributed by atoms with Gasteiger partial charge in [-0.2, -0.15) is 0 Å². The molecule has 0 radical (unpaired) electrons. The SMILES string of the molecule is Cc1cccnc1CNC(=O)NC[C@@H]1CC(=O)Nc2ccccc21. The van der Waals surface area contributed by atoms with Crippen molar-refractivity contribution in [2.24, 2.45) is 0 Å². The second-order valence-corrected chi connectivity index (χ2v) is 5.87. The van der Waals surface area contributed by atoms with Gasteiger partial charge in [0.15, 0.2) is 0 Å². The van der Waals surface area contributed by atoms with Crippen LogP contribution in [0.1, 0.15) is 29.2 Å². The van der Waals surface area contributed by atoms with E-state index in [-0.39, 0.29) is 17.9 Å². The maximum atomic E-state index is 12.0. The van der Waals surface area contributed by atoms with Gasteiger partial charge in [0.1, 0.15) is 0 Å². The first-order valence-corrected chi connectivity index (χ1v) is 7.94. The Morgan fingerprint density at radius 1 is 1.25 bits per heavy atom. The van der Waals surface area contributed by atoms with Crippen LogP contribution in [0.5, 0.6) is 0 Å². The quantitative estimate of drug-likeness (QED) is 0.807. The first kappa shape index (κ1) is 16.0. The number of urea groups is 1. The lowest BCUT2D eigenvalue weighted by atomic mass is 9.90. The molecule has 0 saturated heterocycles. The highest BCUT2D eigenvalue weighted by Gasteiger charge is 2.24. The number of fused-ring (bicyclic) bond motifs is 1. The smallest absolute Gasteiger partial charge is 0.315 e. The lowest BCUT2D eigenvalue weighted by Gasteiger charge is -2.25. The number of carbonyl (C=O) groups is 2. The molecule has 0 saturated carbocycles. The number of nitrogens with zero attached hydrogens (tertiary/aromatic N) is 1. The van der Waals surface area contributed by atoms with Crippen LogP contribution < -0.4 is 16.0 Å². The van der Waals surface area contributed by atoms with Gasteiger partial charge in [-0.05, 0) is 30.2 Å². The number of aromatic nitrogens is 1. The highest BCUT2D eigenvalue weighted by molar-refractivity contribution is 5.94. The standard InChI is InChI=1S/C18H20N4O2/c1-12-5-4-8-19-16(12)11-21-18(24)20-10-13-9-17(23)22-15-7-3-2-6-14(13)15/h2-8,13H,9-11H2,1H3,(H,22,23)(H2,20,21,24)/t13-/m0/s1. The summed E-state index contributed by atoms with van der Waals surface area (Å²) < 4.78 is 0. The molecule has 2 heterocycles. The second-order valence-electron chi connectivity index (χ2n) is 5.87. The fourth-order valence-corrected chi connectivity index (χ4v) is 2.83. The van der Waals surface area contributed by atoms with Gasteiger partial charge in [0, 0.05) is 30.8 Å². The Balaban J connectivity index is 1.55. The van der Waals surface area contributed by atoms with Crippen LogP contribution in [0.25, 0.3) is 0 Å². The molecule has 0 unspecified atom stereocenters. The monoisotopic (exact) mass is 324 g/mol. The van der Waals surface area contributed by atoms with Gasteiger partial charge in [0.2, 0.25) is 5.91 Å². The normalized spacial score (nSPS) is 16.0. The fraction of sp³-hybridized carbons (Fsp3) is 0.278. The van der Waals surface area contributed by atoms with Gasteiger partial charge in [0.25, 0.3) is 0 Å². The third-order valence-corrected chi connectivity index (χ3v) is 4.15. The molecule has 0 fully saturated rings. The van der Waals surface area contributed by atoms with Crippen molar-refractivity contribution in [3.05, 3.63) is 59.4 Å². The van der Waals surface area contributed by atoms with Crippen LogP contribution in [0.15, 0.2) is 42.6 Å². The van der Waals surface area contributed by atoms with Gasteiger partial charge in [-0.15, -0.1) is 0 Å². The van der Waals surface area contributed by atoms with Crippen molar-refractivity contribution < 1.29 is 9.59 Å². The molecule has 0 aliphatic carbocycles. The number of pyridine rings is 1. The molecule has 0 bridgehead atoms. The maximum absolute atomic E-state index is 12.0. The fourth-order valence-electron chi connectivity index (χ4n) is 2.83. The van der Waals surface area contributed by atoms with Crippen LogP contribution in [0.4, 0.5) is 10.5 Å². The third-order valence-electron chi connectivity index (χ3n) is 4.15. The molecule has 1 aliphatic rings. The van der Waals surface area contributed by atoms with Crippen LogP contribution >= 0.6 is 0 Å². The van der Waals surface area contributed by atoms with Crippen molar-refractivity contribution in [2.45, 2.75) is 25.8 Å². The van der Waals surface area contributed by atoms with E-state index < -0.39 is 0 Å². The lowest BCUT2D eigenvalue weighted by Crippen LogP contribution is -2.39. The molecule has 24 heavy (non-hydrogen) atoms. The Kier molecular flexibility index (Phi) is 4.74. The summed E-state index contributed by atoms with van der Waals surface area (Å²) >= 11 is 0. The molecule has 1 aromatic carbocycles. The van der Waals surface area contributed by atoms with Crippen LogP contribution in [0, 0.1) is 6.92 Å². The van der Waals surface area contributed by atoms with Gasteiger partial charge in [-0.1, -0.05) is 24.3 Å². The Hall–Kier alpha value is -2.89. The van der Waals surface area contributed by atoms with Gasteiger partial charge in [0.05, 0.1) is 12.2 Å². The zero-order valence-electron chi connectivity index (χ0n) is 13.5. The Morgan fingerprint density at radius 2 is 2.08 bits per heavy atom. The maximum Gasteiger partial charge on any atom is 0.315 e. The summed E-state index contributed by atoms with van der Waals surface area (Å²) in [5.74, 6) is -0.0395. The summed E-state index contributed by atoms with van der Waals surface area (Å²) in [6, 6.07) is 11.2. The highest BCUT2D eigenvalue weighted by Crippen LogP contribution is 2.31. The Morgan fingerprint density at radius 3 is 2.92 bits per heavy atom. The number of para-hydroxylation sites is 1. The van der Waals surface area contributed by atoms with Gasteiger partial charge < -0.3 is 16.0 Å². The predicted octanol–water partition coefficient (Wildman–Crippen LogP) is 2.32. The van der Waals surface area contributed by atoms with Gasteiger partial charge >= 0.3 is 6.03 Å². The van der Waals surface area contributed by atoms with Crippen molar-refractivity contribution in [1.29, 1.82) is 0 Å². The number of benzene rings is 1. The number of aryl methyl sites for hydroxylation is 1. The summed E-state index contributed by atoms with van der Waals surface area (Å²) in [4.78, 5) is 28.0. The molecule has 124 valence electrons. The van der Waals surface area contributed by atoms with Gasteiger partial charge in [-0.25, -0.2) is 4.79 Å². The molecule has 1 aliphatic heterocycles. The molecule has 1 aromatic heterocycles. The predicted molar refractivity (Wildman–Crippen MR) is 91.6 cm³/mol. The van der Waals surface area contributed by atoms with E-state index >= 15 is 0 Å². The summed E-state index contributed by atoms with van der Waals surface area (Å²) in [5, 5.41) is 8.50. The minimum absolute atomic E-state index is 0.0164. The zero-order valence-corrected chi connectivity index (χ0v) is 13.5. The number of nitrogens with one attached hydrogen (secondary N) is 3. The number of carbonyl (C=O) groups excluding carboxylic acids is 2. The molecule has 2 aromatic rings. The Bertz CT molecular complexity index is 760. The Labute approximate surface area is 140 Å². The first-order valence-electron chi connectivity index (χ1n) is 7.94. The van der Waals surface area contributed by atoms with E-state index in [1.54, 1.807) is 6.20 Å². The summed E-state index contributed by atoms with van der Waals surface area (Å²) in [6.07, 6.45) is 2.08. The topological polar surface area (TPSA) is 83.1 Å². The largest absolute Gasteiger partial charge is 0.338 e. The van der Waals surface area contributed by atoms with E-state index in [4.69, 9.17) is 0 Å². The average Bonchev–Trinajstić information content (AvgIpc) is 2.58. The highest BCUT2D eigenvalue weighted by atomic mass is 16.2. The molecular formula is C18H20N4O2. The summed E-state index contributed by atoms with van der Waals surface area (Å²) in [7, 11) is 0. The lowest BCUT2D eigenvalue weighted by molar-refractivity contribution is -0.116. The van der Waals surface area contributed by atoms with E-state index in [2.05, 4.69) is 20.9 Å². The van der Waals surface area contributed by atoms with Crippen molar-refractivity contribution in [1.82, 2.24) is 15.6 Å². The summed E-state index contributed by atoms with van der Waals surface area (Å²) in [6.45, 7) is 2.75. The number of hydrogen-bond donors (Lipinski definition) is 3. The van der Waals surface area contributed by atoms with Crippen LogP contribution in [-0.4, -0.2) is 23.5 Å². The van der Waals surface area contributed by atoms with Crippen LogP contribution in [-0.2, 0) is 11.3 Å². The second kappa shape index (κ2) is 7.12. The number of hydrogen-bond acceptors (Lipinski definition) is 3. The van der Waals surface area contributed by atoms with Crippen molar-refractivity contribution in [3.8, 4) is 0 Å². The number of anilines is 1. The van der Waals surface area contributed by atoms with Crippen molar-refractivity contribution in [3.63, 3.8) is 0 Å².